The van der Waals surface area contributed by atoms with Gasteiger partial charge >= 0.3 is 10.4 Å². The Kier molecular flexibility index (Phi) is 6.08. The summed E-state index contributed by atoms with van der Waals surface area (Å²) in [5, 5.41) is 0. The zero-order valence-corrected chi connectivity index (χ0v) is 15.1. The summed E-state index contributed by atoms with van der Waals surface area (Å²) in [4.78, 5) is 0. The van der Waals surface area contributed by atoms with Gasteiger partial charge in [0.05, 0.1) is 14.2 Å². The van der Waals surface area contributed by atoms with Crippen LogP contribution < -0.4 is 4.68 Å². The fourth-order valence-electron chi connectivity index (χ4n) is 2.40. The van der Waals surface area contributed by atoms with Gasteiger partial charge in [-0.2, -0.15) is 13.1 Å². The molecule has 7 heteroatoms. The van der Waals surface area contributed by atoms with Crippen molar-refractivity contribution >= 4 is 10.4 Å². The van der Waals surface area contributed by atoms with Gasteiger partial charge in [0.2, 0.25) is 5.69 Å². The molecule has 0 unspecified atom stereocenters. The molecule has 0 bridgehead atoms. The van der Waals surface area contributed by atoms with Crippen LogP contribution in [-0.2, 0) is 28.7 Å². The monoisotopic (exact) mass is 361 g/mol. The van der Waals surface area contributed by atoms with Crippen LogP contribution in [0.1, 0.15) is 0 Å². The molecule has 1 aromatic heterocycles. The number of rotatable bonds is 3. The normalized spacial score (nSPS) is 10.9. The number of hydrogen-bond donors (Lipinski definition) is 1. The first-order valence-electron chi connectivity index (χ1n) is 7.53. The molecule has 0 fully saturated rings. The molecule has 0 spiro atoms. The van der Waals surface area contributed by atoms with E-state index in [4.69, 9.17) is 4.55 Å². The van der Waals surface area contributed by atoms with E-state index in [1.807, 2.05) is 12.1 Å². The Morgan fingerprint density at radius 3 is 1.84 bits per heavy atom. The zero-order valence-electron chi connectivity index (χ0n) is 14.3. The summed E-state index contributed by atoms with van der Waals surface area (Å²) in [6, 6.07) is 23.2. The van der Waals surface area contributed by atoms with Crippen molar-refractivity contribution in [3.8, 4) is 22.5 Å². The molecule has 25 heavy (non-hydrogen) atoms. The van der Waals surface area contributed by atoms with Crippen LogP contribution in [0.4, 0.5) is 0 Å². The second-order valence-electron chi connectivity index (χ2n) is 5.29. The van der Waals surface area contributed by atoms with E-state index in [9.17, 15) is 8.42 Å². The van der Waals surface area contributed by atoms with E-state index in [2.05, 4.69) is 82.2 Å². The first kappa shape index (κ1) is 18.9. The van der Waals surface area contributed by atoms with Gasteiger partial charge in [-0.1, -0.05) is 48.5 Å². The van der Waals surface area contributed by atoms with Gasteiger partial charge in [-0.3, -0.25) is 8.74 Å². The molecule has 0 aliphatic heterocycles. The minimum absolute atomic E-state index is 0.870. The second kappa shape index (κ2) is 8.06. The van der Waals surface area contributed by atoms with Gasteiger partial charge in [-0.05, 0) is 12.1 Å². The smallest absolute Gasteiger partial charge is 0.264 e. The molecule has 1 heterocycles. The van der Waals surface area contributed by atoms with Crippen LogP contribution in [-0.4, -0.2) is 24.8 Å². The van der Waals surface area contributed by atoms with E-state index in [0.29, 0.717) is 0 Å². The van der Waals surface area contributed by atoms with E-state index in [1.54, 1.807) is 0 Å². The largest absolute Gasteiger partial charge is 0.397 e. The Morgan fingerprint density at radius 1 is 0.960 bits per heavy atom. The predicted molar refractivity (Wildman–Crippen MR) is 96.0 cm³/mol. The molecular weight excluding hydrogens is 340 g/mol. The van der Waals surface area contributed by atoms with Crippen molar-refractivity contribution in [2.45, 2.75) is 0 Å². The summed E-state index contributed by atoms with van der Waals surface area (Å²) >= 11 is 0. The topological polar surface area (TPSA) is 72.4 Å². The third-order valence-corrected chi connectivity index (χ3v) is 4.19. The van der Waals surface area contributed by atoms with Crippen molar-refractivity contribution in [3.63, 3.8) is 0 Å². The fourth-order valence-corrected chi connectivity index (χ4v) is 2.40. The number of nitrogens with zero attached hydrogens (tertiary/aromatic N) is 2. The zero-order chi connectivity index (χ0) is 18.4. The van der Waals surface area contributed by atoms with Gasteiger partial charge in [-0.15, -0.1) is 4.68 Å². The van der Waals surface area contributed by atoms with Gasteiger partial charge in [0.1, 0.15) is 5.69 Å². The molecule has 0 saturated carbocycles. The van der Waals surface area contributed by atoms with Crippen molar-refractivity contribution in [3.05, 3.63) is 66.7 Å². The third-order valence-electron chi connectivity index (χ3n) is 3.77. The summed E-state index contributed by atoms with van der Waals surface area (Å²) in [7, 11) is 0.892. The molecule has 0 aliphatic rings. The van der Waals surface area contributed by atoms with Crippen LogP contribution in [0.5, 0.6) is 0 Å². The molecular formula is C18H21N2O4S+. The molecule has 0 aliphatic carbocycles. The summed E-state index contributed by atoms with van der Waals surface area (Å²) in [6.07, 6.45) is 0. The highest BCUT2D eigenvalue weighted by Crippen LogP contribution is 2.23. The first-order chi connectivity index (χ1) is 11.8. The van der Waals surface area contributed by atoms with Crippen molar-refractivity contribution < 1.29 is 21.8 Å². The lowest BCUT2D eigenvalue weighted by molar-refractivity contribution is -0.740. The standard InChI is InChI=1S/C17H17N2.CH4O4S/c1-18-16(14-9-5-3-6-10-14)13-17(19(18)2)15-11-7-4-8-12-15;1-5-6(2,3)4/h3-13H,1-2H3;1H3,(H,2,3,4)/q+1;. The maximum absolute atomic E-state index is 9.33. The molecule has 0 radical (unpaired) electrons. The average molecular weight is 361 g/mol. The first-order valence-corrected chi connectivity index (χ1v) is 8.90. The number of aromatic nitrogens is 2. The summed E-state index contributed by atoms with van der Waals surface area (Å²) < 4.78 is 34.1. The Labute approximate surface area is 147 Å². The van der Waals surface area contributed by atoms with E-state index < -0.39 is 10.4 Å². The average Bonchev–Trinajstić information content (AvgIpc) is 2.92. The van der Waals surface area contributed by atoms with Crippen LogP contribution in [0, 0.1) is 0 Å². The highest BCUT2D eigenvalue weighted by molar-refractivity contribution is 7.80. The lowest BCUT2D eigenvalue weighted by atomic mass is 10.1. The Hall–Kier alpha value is -2.48. The van der Waals surface area contributed by atoms with E-state index in [1.165, 1.54) is 22.5 Å². The SMILES string of the molecule is COS(=O)(=O)O.Cn1c(-c2ccccc2)cc(-c2ccccc2)[n+]1C. The van der Waals surface area contributed by atoms with Crippen LogP contribution in [0.15, 0.2) is 66.7 Å². The fraction of sp³-hybridized carbons (Fsp3) is 0.167. The molecule has 0 amide bonds. The van der Waals surface area contributed by atoms with E-state index in [-0.39, 0.29) is 0 Å². The highest BCUT2D eigenvalue weighted by atomic mass is 32.3. The van der Waals surface area contributed by atoms with Crippen molar-refractivity contribution in [1.29, 1.82) is 0 Å². The van der Waals surface area contributed by atoms with Gasteiger partial charge in [-0.25, -0.2) is 0 Å². The van der Waals surface area contributed by atoms with Crippen LogP contribution >= 0.6 is 0 Å². The lowest BCUT2D eigenvalue weighted by Gasteiger charge is -1.99. The molecule has 3 rings (SSSR count). The molecule has 0 atom stereocenters. The maximum atomic E-state index is 9.33. The Balaban J connectivity index is 0.000000326. The molecule has 0 saturated heterocycles. The van der Waals surface area contributed by atoms with Crippen molar-refractivity contribution in [2.75, 3.05) is 7.11 Å². The maximum Gasteiger partial charge on any atom is 0.397 e. The van der Waals surface area contributed by atoms with Crippen LogP contribution in [0.2, 0.25) is 0 Å². The van der Waals surface area contributed by atoms with E-state index in [0.717, 1.165) is 7.11 Å². The van der Waals surface area contributed by atoms with Gasteiger partial charge < -0.3 is 0 Å². The van der Waals surface area contributed by atoms with E-state index >= 15 is 0 Å². The number of benzene rings is 2. The Bertz CT molecular complexity index is 860. The molecule has 132 valence electrons. The predicted octanol–water partition coefficient (Wildman–Crippen LogP) is 2.62. The number of hydrogen-bond acceptors (Lipinski definition) is 3. The van der Waals surface area contributed by atoms with Crippen LogP contribution in [0.3, 0.4) is 0 Å². The summed E-state index contributed by atoms with van der Waals surface area (Å²) in [5.41, 5.74) is 4.93. The summed E-state index contributed by atoms with van der Waals surface area (Å²) in [5.74, 6) is 0. The second-order valence-corrected chi connectivity index (χ2v) is 6.48. The quantitative estimate of drug-likeness (QED) is 0.575. The lowest BCUT2D eigenvalue weighted by Crippen LogP contribution is -2.39. The molecule has 3 aromatic rings. The van der Waals surface area contributed by atoms with Gasteiger partial charge in [0.25, 0.3) is 0 Å². The van der Waals surface area contributed by atoms with Crippen molar-refractivity contribution in [1.82, 2.24) is 4.68 Å². The Morgan fingerprint density at radius 2 is 1.40 bits per heavy atom. The third kappa shape index (κ3) is 4.99. The highest BCUT2D eigenvalue weighted by Gasteiger charge is 2.19. The van der Waals surface area contributed by atoms with Crippen molar-refractivity contribution in [2.24, 2.45) is 14.1 Å². The van der Waals surface area contributed by atoms with Gasteiger partial charge in [0.15, 0.2) is 7.05 Å². The van der Waals surface area contributed by atoms with Gasteiger partial charge in [0, 0.05) is 17.2 Å². The minimum Gasteiger partial charge on any atom is -0.264 e. The minimum atomic E-state index is -4.16. The van der Waals surface area contributed by atoms with Crippen LogP contribution in [0.25, 0.3) is 22.5 Å². The molecule has 2 aromatic carbocycles. The molecule has 1 N–H and O–H groups in total. The molecule has 6 nitrogen and oxygen atoms in total. The summed E-state index contributed by atoms with van der Waals surface area (Å²) in [6.45, 7) is 0.